The molecule has 1 N–H and O–H groups in total. The predicted octanol–water partition coefficient (Wildman–Crippen LogP) is 2.74. The number of methoxy groups -OCH3 is 2. The predicted molar refractivity (Wildman–Crippen MR) is 110 cm³/mol. The quantitative estimate of drug-likeness (QED) is 0.661. The highest BCUT2D eigenvalue weighted by molar-refractivity contribution is 5.41. The van der Waals surface area contributed by atoms with Crippen LogP contribution in [0, 0.1) is 5.92 Å². The fourth-order valence-corrected chi connectivity index (χ4v) is 4.35. The number of hydrogen-bond acceptors (Lipinski definition) is 6. The van der Waals surface area contributed by atoms with Crippen molar-refractivity contribution in [3.63, 3.8) is 0 Å². The monoisotopic (exact) mass is 392 g/mol. The maximum Gasteiger partial charge on any atom is 0.160 e. The third-order valence-electron chi connectivity index (χ3n) is 5.97. The van der Waals surface area contributed by atoms with Crippen LogP contribution >= 0.6 is 0 Å². The van der Waals surface area contributed by atoms with E-state index in [1.54, 1.807) is 14.2 Å². The fraction of sp³-hybridized carbons (Fsp3) is 0.727. The molecule has 6 heteroatoms. The van der Waals surface area contributed by atoms with E-state index in [1.807, 2.05) is 12.1 Å². The van der Waals surface area contributed by atoms with Gasteiger partial charge < -0.3 is 24.2 Å². The highest BCUT2D eigenvalue weighted by atomic mass is 16.5. The van der Waals surface area contributed by atoms with Crippen molar-refractivity contribution >= 4 is 0 Å². The molecular weight excluding hydrogens is 356 g/mol. The van der Waals surface area contributed by atoms with Gasteiger partial charge in [0.15, 0.2) is 11.5 Å². The molecule has 2 fully saturated rings. The molecule has 0 spiro atoms. The average molecular weight is 393 g/mol. The van der Waals surface area contributed by atoms with Crippen molar-refractivity contribution in [1.29, 1.82) is 0 Å². The molecule has 1 aromatic rings. The van der Waals surface area contributed by atoms with Crippen molar-refractivity contribution in [2.24, 2.45) is 5.92 Å². The summed E-state index contributed by atoms with van der Waals surface area (Å²) in [4.78, 5) is 5.03. The summed E-state index contributed by atoms with van der Waals surface area (Å²) in [5.74, 6) is 1.45. The number of phenols is 1. The van der Waals surface area contributed by atoms with Crippen molar-refractivity contribution in [3.05, 3.63) is 23.8 Å². The van der Waals surface area contributed by atoms with E-state index in [-0.39, 0.29) is 5.75 Å². The molecule has 3 rings (SSSR count). The Morgan fingerprint density at radius 3 is 2.64 bits per heavy atom. The van der Waals surface area contributed by atoms with Gasteiger partial charge in [0.05, 0.1) is 19.8 Å². The van der Waals surface area contributed by atoms with Crippen LogP contribution in [0.2, 0.25) is 0 Å². The van der Waals surface area contributed by atoms with Gasteiger partial charge in [0.25, 0.3) is 0 Å². The number of rotatable bonds is 10. The SMILES string of the molecule is COCCN1CCC(CN(Cc2ccc(OC)c(O)c2)CC2CCCO2)CC1. The first-order chi connectivity index (χ1) is 13.7. The van der Waals surface area contributed by atoms with Crippen LogP contribution in [0.3, 0.4) is 0 Å². The third-order valence-corrected chi connectivity index (χ3v) is 5.97. The summed E-state index contributed by atoms with van der Waals surface area (Å²) in [5.41, 5.74) is 1.12. The third kappa shape index (κ3) is 6.34. The molecule has 0 bridgehead atoms. The number of ether oxygens (including phenoxy) is 3. The van der Waals surface area contributed by atoms with E-state index < -0.39 is 0 Å². The molecule has 2 heterocycles. The number of hydrogen-bond donors (Lipinski definition) is 1. The van der Waals surface area contributed by atoms with Crippen LogP contribution < -0.4 is 4.74 Å². The summed E-state index contributed by atoms with van der Waals surface area (Å²) in [6.07, 6.45) is 5.13. The molecule has 2 aliphatic rings. The van der Waals surface area contributed by atoms with Gasteiger partial charge in [-0.3, -0.25) is 4.90 Å². The zero-order valence-corrected chi connectivity index (χ0v) is 17.4. The zero-order chi connectivity index (χ0) is 19.8. The van der Waals surface area contributed by atoms with Gasteiger partial charge in [-0.25, -0.2) is 0 Å². The largest absolute Gasteiger partial charge is 0.504 e. The summed E-state index contributed by atoms with van der Waals surface area (Å²) in [5, 5.41) is 10.1. The molecule has 0 saturated carbocycles. The van der Waals surface area contributed by atoms with Gasteiger partial charge in [0, 0.05) is 39.9 Å². The van der Waals surface area contributed by atoms with E-state index in [0.717, 1.165) is 64.5 Å². The summed E-state index contributed by atoms with van der Waals surface area (Å²) < 4.78 is 16.3. The van der Waals surface area contributed by atoms with Crippen molar-refractivity contribution in [2.45, 2.75) is 38.3 Å². The minimum atomic E-state index is 0.212. The lowest BCUT2D eigenvalue weighted by Crippen LogP contribution is -2.41. The number of phenolic OH excluding ortho intramolecular Hbond substituents is 1. The topological polar surface area (TPSA) is 54.4 Å². The molecule has 2 saturated heterocycles. The molecule has 0 radical (unpaired) electrons. The normalized spacial score (nSPS) is 21.5. The molecule has 0 amide bonds. The second kappa shape index (κ2) is 11.0. The van der Waals surface area contributed by atoms with Crippen LogP contribution in [-0.2, 0) is 16.0 Å². The minimum Gasteiger partial charge on any atom is -0.504 e. The maximum atomic E-state index is 10.1. The van der Waals surface area contributed by atoms with E-state index in [9.17, 15) is 5.11 Å². The molecule has 28 heavy (non-hydrogen) atoms. The van der Waals surface area contributed by atoms with Crippen LogP contribution in [0.25, 0.3) is 0 Å². The first-order valence-corrected chi connectivity index (χ1v) is 10.6. The van der Waals surface area contributed by atoms with Crippen LogP contribution in [0.15, 0.2) is 18.2 Å². The summed E-state index contributed by atoms with van der Waals surface area (Å²) >= 11 is 0. The van der Waals surface area contributed by atoms with E-state index in [1.165, 1.54) is 19.3 Å². The Hall–Kier alpha value is -1.34. The highest BCUT2D eigenvalue weighted by Crippen LogP contribution is 2.28. The maximum absolute atomic E-state index is 10.1. The lowest BCUT2D eigenvalue weighted by Gasteiger charge is -2.35. The first kappa shape index (κ1) is 21.4. The van der Waals surface area contributed by atoms with Crippen molar-refractivity contribution in [2.75, 3.05) is 60.2 Å². The Balaban J connectivity index is 1.57. The number of benzene rings is 1. The summed E-state index contributed by atoms with van der Waals surface area (Å²) in [6.45, 7) is 7.95. The molecule has 158 valence electrons. The van der Waals surface area contributed by atoms with Crippen LogP contribution in [0.1, 0.15) is 31.2 Å². The lowest BCUT2D eigenvalue weighted by molar-refractivity contribution is 0.0551. The molecule has 6 nitrogen and oxygen atoms in total. The van der Waals surface area contributed by atoms with Crippen LogP contribution in [-0.4, -0.2) is 81.2 Å². The Labute approximate surface area is 169 Å². The van der Waals surface area contributed by atoms with Gasteiger partial charge in [-0.2, -0.15) is 0 Å². The van der Waals surface area contributed by atoms with E-state index in [0.29, 0.717) is 17.8 Å². The molecule has 0 aliphatic carbocycles. The Morgan fingerprint density at radius 2 is 2.00 bits per heavy atom. The Morgan fingerprint density at radius 1 is 1.18 bits per heavy atom. The highest BCUT2D eigenvalue weighted by Gasteiger charge is 2.25. The van der Waals surface area contributed by atoms with E-state index in [4.69, 9.17) is 14.2 Å². The number of piperidine rings is 1. The van der Waals surface area contributed by atoms with Gasteiger partial charge in [0.2, 0.25) is 0 Å². The second-order valence-electron chi connectivity index (χ2n) is 8.11. The van der Waals surface area contributed by atoms with Crippen LogP contribution in [0.4, 0.5) is 0 Å². The van der Waals surface area contributed by atoms with Gasteiger partial charge >= 0.3 is 0 Å². The van der Waals surface area contributed by atoms with Gasteiger partial charge in [-0.15, -0.1) is 0 Å². The van der Waals surface area contributed by atoms with Crippen LogP contribution in [0.5, 0.6) is 11.5 Å². The Kier molecular flexibility index (Phi) is 8.40. The first-order valence-electron chi connectivity index (χ1n) is 10.6. The van der Waals surface area contributed by atoms with Gasteiger partial charge in [-0.1, -0.05) is 6.07 Å². The van der Waals surface area contributed by atoms with Gasteiger partial charge in [0.1, 0.15) is 0 Å². The van der Waals surface area contributed by atoms with Crippen molar-refractivity contribution < 1.29 is 19.3 Å². The van der Waals surface area contributed by atoms with Crippen molar-refractivity contribution in [3.8, 4) is 11.5 Å². The molecule has 1 atom stereocenters. The number of nitrogens with zero attached hydrogens (tertiary/aromatic N) is 2. The molecule has 2 aliphatic heterocycles. The number of likely N-dealkylation sites (tertiary alicyclic amines) is 1. The van der Waals surface area contributed by atoms with Crippen molar-refractivity contribution in [1.82, 2.24) is 9.80 Å². The Bertz CT molecular complexity index is 584. The molecule has 1 unspecified atom stereocenters. The molecule has 0 aromatic heterocycles. The second-order valence-corrected chi connectivity index (χ2v) is 8.11. The van der Waals surface area contributed by atoms with Gasteiger partial charge in [-0.05, 0) is 62.4 Å². The average Bonchev–Trinajstić information content (AvgIpc) is 3.20. The zero-order valence-electron chi connectivity index (χ0n) is 17.4. The molecule has 1 aromatic carbocycles. The summed E-state index contributed by atoms with van der Waals surface area (Å²) in [7, 11) is 3.35. The smallest absolute Gasteiger partial charge is 0.160 e. The standard InChI is InChI=1S/C22H36N2O4/c1-26-13-11-23-9-7-18(8-10-23)15-24(17-20-4-3-12-28-20)16-19-5-6-22(27-2)21(25)14-19/h5-6,14,18,20,25H,3-4,7-13,15-17H2,1-2H3. The fourth-order valence-electron chi connectivity index (χ4n) is 4.35. The molecular formula is C22H36N2O4. The lowest BCUT2D eigenvalue weighted by atomic mass is 9.95. The number of aromatic hydroxyl groups is 1. The van der Waals surface area contributed by atoms with E-state index in [2.05, 4.69) is 15.9 Å². The minimum absolute atomic E-state index is 0.212. The summed E-state index contributed by atoms with van der Waals surface area (Å²) in [6, 6.07) is 5.73. The van der Waals surface area contributed by atoms with E-state index >= 15 is 0 Å².